The number of rotatable bonds is 1. The van der Waals surface area contributed by atoms with E-state index in [9.17, 15) is 0 Å². The Kier molecular flexibility index (Phi) is 3.01. The minimum absolute atomic E-state index is 0.420. The topological polar surface area (TPSA) is 29.3 Å². The molecule has 0 bridgehead atoms. The van der Waals surface area contributed by atoms with Crippen molar-refractivity contribution >= 4 is 0 Å². The predicted molar refractivity (Wildman–Crippen MR) is 55.6 cm³/mol. The zero-order chi connectivity index (χ0) is 9.10. The van der Waals surface area contributed by atoms with Crippen LogP contribution in [0.25, 0.3) is 0 Å². The van der Waals surface area contributed by atoms with Gasteiger partial charge in [0, 0.05) is 18.6 Å². The molecule has 2 atom stereocenters. The van der Waals surface area contributed by atoms with Crippen LogP contribution >= 0.6 is 0 Å². The highest BCUT2D eigenvalue weighted by atomic mass is 15.2. The van der Waals surface area contributed by atoms with Crippen molar-refractivity contribution in [2.75, 3.05) is 13.1 Å². The van der Waals surface area contributed by atoms with E-state index >= 15 is 0 Å². The van der Waals surface area contributed by atoms with E-state index in [-0.39, 0.29) is 0 Å². The van der Waals surface area contributed by atoms with Crippen LogP contribution in [0.2, 0.25) is 0 Å². The third-order valence-corrected chi connectivity index (χ3v) is 3.19. The van der Waals surface area contributed by atoms with Gasteiger partial charge in [-0.1, -0.05) is 12.2 Å². The van der Waals surface area contributed by atoms with Gasteiger partial charge in [-0.15, -0.1) is 0 Å². The Morgan fingerprint density at radius 3 is 2.85 bits per heavy atom. The van der Waals surface area contributed by atoms with Gasteiger partial charge in [-0.2, -0.15) is 0 Å². The molecular formula is C11H20N2. The van der Waals surface area contributed by atoms with Crippen LogP contribution < -0.4 is 5.73 Å². The van der Waals surface area contributed by atoms with Gasteiger partial charge in [-0.3, -0.25) is 4.90 Å². The SMILES string of the molecule is NC1CCCN(C2C=CCCC2)C1. The van der Waals surface area contributed by atoms with Crippen LogP contribution in [0.3, 0.4) is 0 Å². The van der Waals surface area contributed by atoms with Crippen molar-refractivity contribution in [3.63, 3.8) is 0 Å². The van der Waals surface area contributed by atoms with Crippen molar-refractivity contribution in [2.24, 2.45) is 5.73 Å². The number of nitrogens with zero attached hydrogens (tertiary/aromatic N) is 1. The van der Waals surface area contributed by atoms with E-state index in [1.54, 1.807) is 0 Å². The highest BCUT2D eigenvalue weighted by molar-refractivity contribution is 4.99. The quantitative estimate of drug-likeness (QED) is 0.620. The molecule has 1 aliphatic carbocycles. The maximum Gasteiger partial charge on any atom is 0.0278 e. The van der Waals surface area contributed by atoms with Crippen LogP contribution in [0.5, 0.6) is 0 Å². The summed E-state index contributed by atoms with van der Waals surface area (Å²) in [4.78, 5) is 2.56. The monoisotopic (exact) mass is 180 g/mol. The zero-order valence-electron chi connectivity index (χ0n) is 8.28. The lowest BCUT2D eigenvalue weighted by Gasteiger charge is -2.36. The molecule has 0 spiro atoms. The number of nitrogens with two attached hydrogens (primary N) is 1. The average molecular weight is 180 g/mol. The molecule has 1 heterocycles. The molecule has 0 aromatic heterocycles. The highest BCUT2D eigenvalue weighted by Crippen LogP contribution is 2.20. The second-order valence-corrected chi connectivity index (χ2v) is 4.32. The van der Waals surface area contributed by atoms with Crippen molar-refractivity contribution in [1.82, 2.24) is 4.90 Å². The highest BCUT2D eigenvalue weighted by Gasteiger charge is 2.22. The van der Waals surface area contributed by atoms with Gasteiger partial charge in [0.25, 0.3) is 0 Å². The molecule has 1 aliphatic heterocycles. The third-order valence-electron chi connectivity index (χ3n) is 3.19. The smallest absolute Gasteiger partial charge is 0.0278 e. The molecule has 2 unspecified atom stereocenters. The fourth-order valence-electron chi connectivity index (χ4n) is 2.44. The Morgan fingerprint density at radius 2 is 2.15 bits per heavy atom. The second kappa shape index (κ2) is 4.25. The fourth-order valence-corrected chi connectivity index (χ4v) is 2.44. The van der Waals surface area contributed by atoms with Crippen LogP contribution in [-0.2, 0) is 0 Å². The summed E-state index contributed by atoms with van der Waals surface area (Å²) in [6.45, 7) is 2.36. The summed E-state index contributed by atoms with van der Waals surface area (Å²) in [6.07, 6.45) is 11.2. The van der Waals surface area contributed by atoms with E-state index in [1.807, 2.05) is 0 Å². The average Bonchev–Trinajstić information content (AvgIpc) is 2.19. The van der Waals surface area contributed by atoms with Gasteiger partial charge in [-0.25, -0.2) is 0 Å². The van der Waals surface area contributed by atoms with E-state index in [0.717, 1.165) is 6.54 Å². The Balaban J connectivity index is 1.91. The summed E-state index contributed by atoms with van der Waals surface area (Å²) in [6, 6.07) is 1.11. The van der Waals surface area contributed by atoms with Gasteiger partial charge >= 0.3 is 0 Å². The summed E-state index contributed by atoms with van der Waals surface area (Å²) in [5, 5.41) is 0. The molecule has 0 saturated carbocycles. The molecule has 2 N–H and O–H groups in total. The van der Waals surface area contributed by atoms with Crippen molar-refractivity contribution in [1.29, 1.82) is 0 Å². The number of hydrogen-bond acceptors (Lipinski definition) is 2. The van der Waals surface area contributed by atoms with Crippen LogP contribution in [0.1, 0.15) is 32.1 Å². The summed E-state index contributed by atoms with van der Waals surface area (Å²) in [5.41, 5.74) is 5.97. The largest absolute Gasteiger partial charge is 0.327 e. The van der Waals surface area contributed by atoms with Crippen LogP contribution in [-0.4, -0.2) is 30.1 Å². The van der Waals surface area contributed by atoms with E-state index in [4.69, 9.17) is 5.73 Å². The lowest BCUT2D eigenvalue weighted by molar-refractivity contribution is 0.164. The van der Waals surface area contributed by atoms with Gasteiger partial charge in [0.05, 0.1) is 0 Å². The van der Waals surface area contributed by atoms with Crippen LogP contribution in [0.15, 0.2) is 12.2 Å². The van der Waals surface area contributed by atoms with Crippen molar-refractivity contribution in [3.8, 4) is 0 Å². The first-order chi connectivity index (χ1) is 6.36. The molecule has 0 aromatic rings. The summed E-state index contributed by atoms with van der Waals surface area (Å²) < 4.78 is 0. The van der Waals surface area contributed by atoms with E-state index in [2.05, 4.69) is 17.1 Å². The van der Waals surface area contributed by atoms with Gasteiger partial charge < -0.3 is 5.73 Å². The summed E-state index contributed by atoms with van der Waals surface area (Å²) in [7, 11) is 0. The first-order valence-corrected chi connectivity index (χ1v) is 5.52. The van der Waals surface area contributed by atoms with Crippen LogP contribution in [0, 0.1) is 0 Å². The molecule has 2 heteroatoms. The van der Waals surface area contributed by atoms with Gasteiger partial charge in [0.15, 0.2) is 0 Å². The van der Waals surface area contributed by atoms with Crippen molar-refractivity contribution in [2.45, 2.75) is 44.2 Å². The maximum absolute atomic E-state index is 5.97. The van der Waals surface area contributed by atoms with Crippen LogP contribution in [0.4, 0.5) is 0 Å². The number of piperidine rings is 1. The molecule has 2 aliphatic rings. The third kappa shape index (κ3) is 2.32. The predicted octanol–water partition coefficient (Wildman–Crippen LogP) is 1.52. The Morgan fingerprint density at radius 1 is 1.23 bits per heavy atom. The Hall–Kier alpha value is -0.340. The second-order valence-electron chi connectivity index (χ2n) is 4.32. The zero-order valence-corrected chi connectivity index (χ0v) is 8.28. The van der Waals surface area contributed by atoms with E-state index in [0.29, 0.717) is 12.1 Å². The van der Waals surface area contributed by atoms with Gasteiger partial charge in [-0.05, 0) is 38.6 Å². The van der Waals surface area contributed by atoms with Crippen molar-refractivity contribution in [3.05, 3.63) is 12.2 Å². The molecule has 74 valence electrons. The molecule has 13 heavy (non-hydrogen) atoms. The number of likely N-dealkylation sites (tertiary alicyclic amines) is 1. The number of hydrogen-bond donors (Lipinski definition) is 1. The molecule has 1 fully saturated rings. The summed E-state index contributed by atoms with van der Waals surface area (Å²) in [5.74, 6) is 0. The molecular weight excluding hydrogens is 160 g/mol. The van der Waals surface area contributed by atoms with Gasteiger partial charge in [0.1, 0.15) is 0 Å². The molecule has 2 rings (SSSR count). The summed E-state index contributed by atoms with van der Waals surface area (Å²) >= 11 is 0. The minimum atomic E-state index is 0.420. The first-order valence-electron chi connectivity index (χ1n) is 5.52. The molecule has 0 amide bonds. The fraction of sp³-hybridized carbons (Fsp3) is 0.818. The molecule has 2 nitrogen and oxygen atoms in total. The lowest BCUT2D eigenvalue weighted by atomic mass is 9.98. The normalized spacial score (nSPS) is 36.4. The molecule has 0 radical (unpaired) electrons. The minimum Gasteiger partial charge on any atom is -0.327 e. The lowest BCUT2D eigenvalue weighted by Crippen LogP contribution is -2.47. The maximum atomic E-state index is 5.97. The molecule has 1 saturated heterocycles. The first kappa shape index (κ1) is 9.22. The van der Waals surface area contributed by atoms with Crippen molar-refractivity contribution < 1.29 is 0 Å². The Bertz CT molecular complexity index is 189. The number of allylic oxidation sites excluding steroid dienone is 1. The van der Waals surface area contributed by atoms with E-state index in [1.165, 1.54) is 38.6 Å². The van der Waals surface area contributed by atoms with E-state index < -0.39 is 0 Å². The van der Waals surface area contributed by atoms with Gasteiger partial charge in [0.2, 0.25) is 0 Å². The molecule has 0 aromatic carbocycles. The Labute approximate surface area is 80.8 Å². The standard InChI is InChI=1S/C11H20N2/c12-10-5-4-8-13(9-10)11-6-2-1-3-7-11/h2,6,10-11H,1,3-5,7-9,12H2.